The fraction of sp³-hybridized carbons (Fsp3) is 0.556. The Labute approximate surface area is 66.9 Å². The zero-order valence-electron chi connectivity index (χ0n) is 6.76. The lowest BCUT2D eigenvalue weighted by molar-refractivity contribution is 0.114. The number of fused-ring (bicyclic) bond motifs is 1. The smallest absolute Gasteiger partial charge is 0.138 e. The molecule has 1 aliphatic heterocycles. The van der Waals surface area contributed by atoms with E-state index in [1.54, 1.807) is 0 Å². The van der Waals surface area contributed by atoms with Crippen LogP contribution in [0.15, 0.2) is 23.6 Å². The van der Waals surface area contributed by atoms with Gasteiger partial charge in [0.1, 0.15) is 11.9 Å². The van der Waals surface area contributed by atoms with Crippen LogP contribution in [0.25, 0.3) is 0 Å². The van der Waals surface area contributed by atoms with Gasteiger partial charge in [0.2, 0.25) is 0 Å². The van der Waals surface area contributed by atoms with Crippen molar-refractivity contribution >= 4 is 0 Å². The summed E-state index contributed by atoms with van der Waals surface area (Å²) >= 11 is 0. The second kappa shape index (κ2) is 2.61. The van der Waals surface area contributed by atoms with Gasteiger partial charge >= 0.3 is 0 Å². The highest BCUT2D eigenvalue weighted by atomic mass is 16.5. The van der Waals surface area contributed by atoms with Crippen LogP contribution in [0, 0.1) is 0 Å². The van der Waals surface area contributed by atoms with E-state index in [4.69, 9.17) is 4.74 Å². The van der Waals surface area contributed by atoms with Crippen molar-refractivity contribution in [2.24, 2.45) is 0 Å². The van der Waals surface area contributed by atoms with Crippen LogP contribution < -0.4 is 5.32 Å². The third kappa shape index (κ3) is 1.25. The number of morpholine rings is 1. The lowest BCUT2D eigenvalue weighted by atomic mass is 10.1. The van der Waals surface area contributed by atoms with Gasteiger partial charge in [-0.1, -0.05) is 6.08 Å². The maximum atomic E-state index is 5.62. The molecule has 0 amide bonds. The van der Waals surface area contributed by atoms with Crippen LogP contribution in [0.2, 0.25) is 0 Å². The molecule has 1 saturated heterocycles. The second-order valence-corrected chi connectivity index (χ2v) is 3.07. The van der Waals surface area contributed by atoms with Crippen molar-refractivity contribution in [1.29, 1.82) is 0 Å². The van der Waals surface area contributed by atoms with Crippen molar-refractivity contribution in [2.45, 2.75) is 25.9 Å². The Bertz CT molecular complexity index is 218. The first-order chi connectivity index (χ1) is 5.36. The molecule has 2 heteroatoms. The molecule has 2 aliphatic rings. The molecule has 1 N–H and O–H groups in total. The molecule has 0 radical (unpaired) electrons. The summed E-state index contributed by atoms with van der Waals surface area (Å²) in [7, 11) is 0. The van der Waals surface area contributed by atoms with Crippen molar-refractivity contribution in [3.63, 3.8) is 0 Å². The SMILES string of the molecule is CC1CNC2=CCCC=C2O1. The molecule has 0 saturated carbocycles. The van der Waals surface area contributed by atoms with Gasteiger partial charge in [0.05, 0.1) is 12.2 Å². The molecule has 1 aliphatic carbocycles. The molecule has 2 nitrogen and oxygen atoms in total. The minimum atomic E-state index is 0.316. The van der Waals surface area contributed by atoms with Gasteiger partial charge in [-0.2, -0.15) is 0 Å². The van der Waals surface area contributed by atoms with Crippen molar-refractivity contribution in [2.75, 3.05) is 6.54 Å². The number of hydrogen-bond donors (Lipinski definition) is 1. The van der Waals surface area contributed by atoms with Crippen molar-refractivity contribution in [1.82, 2.24) is 5.32 Å². The van der Waals surface area contributed by atoms with Gasteiger partial charge in [0.15, 0.2) is 0 Å². The summed E-state index contributed by atoms with van der Waals surface area (Å²) in [5.41, 5.74) is 1.19. The van der Waals surface area contributed by atoms with Gasteiger partial charge in [0, 0.05) is 0 Å². The first kappa shape index (κ1) is 6.77. The normalized spacial score (nSPS) is 29.0. The zero-order valence-corrected chi connectivity index (χ0v) is 6.76. The Morgan fingerprint density at radius 2 is 2.27 bits per heavy atom. The summed E-state index contributed by atoms with van der Waals surface area (Å²) in [6.07, 6.45) is 6.95. The van der Waals surface area contributed by atoms with Gasteiger partial charge in [-0.25, -0.2) is 0 Å². The highest BCUT2D eigenvalue weighted by Crippen LogP contribution is 2.22. The standard InChI is InChI=1S/C9H13NO/c1-7-6-10-8-4-2-3-5-9(8)11-7/h4-5,7,10H,2-3,6H2,1H3. The predicted octanol–water partition coefficient (Wildman–Crippen LogP) is 1.56. The van der Waals surface area contributed by atoms with E-state index in [2.05, 4.69) is 24.4 Å². The molecule has 0 spiro atoms. The van der Waals surface area contributed by atoms with Crippen molar-refractivity contribution < 1.29 is 4.74 Å². The van der Waals surface area contributed by atoms with Crippen molar-refractivity contribution in [3.05, 3.63) is 23.6 Å². The molecule has 0 bridgehead atoms. The van der Waals surface area contributed by atoms with Crippen LogP contribution in [0.3, 0.4) is 0 Å². The molecule has 2 rings (SSSR count). The average Bonchev–Trinajstić information content (AvgIpc) is 2.04. The molecular weight excluding hydrogens is 138 g/mol. The minimum Gasteiger partial charge on any atom is -0.487 e. The Balaban J connectivity index is 2.16. The summed E-state index contributed by atoms with van der Waals surface area (Å²) in [4.78, 5) is 0. The molecule has 0 aromatic carbocycles. The maximum absolute atomic E-state index is 5.62. The Morgan fingerprint density at radius 3 is 3.18 bits per heavy atom. The van der Waals surface area contributed by atoms with Crippen LogP contribution in [0.5, 0.6) is 0 Å². The third-order valence-electron chi connectivity index (χ3n) is 2.02. The van der Waals surface area contributed by atoms with E-state index < -0.39 is 0 Å². The highest BCUT2D eigenvalue weighted by Gasteiger charge is 2.18. The molecule has 1 heterocycles. The van der Waals surface area contributed by atoms with Crippen LogP contribution >= 0.6 is 0 Å². The number of hydrogen-bond acceptors (Lipinski definition) is 2. The molecule has 1 atom stereocenters. The van der Waals surface area contributed by atoms with E-state index in [1.165, 1.54) is 5.70 Å². The number of nitrogens with one attached hydrogen (secondary N) is 1. The van der Waals surface area contributed by atoms with E-state index >= 15 is 0 Å². The van der Waals surface area contributed by atoms with E-state index in [0.717, 1.165) is 25.1 Å². The predicted molar refractivity (Wildman–Crippen MR) is 43.9 cm³/mol. The Kier molecular flexibility index (Phi) is 1.60. The molecule has 1 fully saturated rings. The van der Waals surface area contributed by atoms with Gasteiger partial charge in [0.25, 0.3) is 0 Å². The largest absolute Gasteiger partial charge is 0.487 e. The number of ether oxygens (including phenoxy) is 1. The lowest BCUT2D eigenvalue weighted by Crippen LogP contribution is -2.34. The topological polar surface area (TPSA) is 21.3 Å². The molecule has 0 aromatic rings. The lowest BCUT2D eigenvalue weighted by Gasteiger charge is -2.28. The van der Waals surface area contributed by atoms with Gasteiger partial charge in [-0.15, -0.1) is 0 Å². The second-order valence-electron chi connectivity index (χ2n) is 3.07. The monoisotopic (exact) mass is 151 g/mol. The summed E-state index contributed by atoms with van der Waals surface area (Å²) in [5, 5.41) is 3.34. The van der Waals surface area contributed by atoms with E-state index in [0.29, 0.717) is 6.10 Å². The van der Waals surface area contributed by atoms with Crippen molar-refractivity contribution in [3.8, 4) is 0 Å². The average molecular weight is 151 g/mol. The summed E-state index contributed by atoms with van der Waals surface area (Å²) in [6, 6.07) is 0. The molecular formula is C9H13NO. The fourth-order valence-corrected chi connectivity index (χ4v) is 1.44. The van der Waals surface area contributed by atoms with Gasteiger partial charge in [-0.3, -0.25) is 0 Å². The highest BCUT2D eigenvalue weighted by molar-refractivity contribution is 5.29. The van der Waals surface area contributed by atoms with Crippen LogP contribution in [-0.4, -0.2) is 12.6 Å². The molecule has 60 valence electrons. The number of rotatable bonds is 0. The zero-order chi connectivity index (χ0) is 7.68. The number of allylic oxidation sites excluding steroid dienone is 2. The first-order valence-corrected chi connectivity index (χ1v) is 4.17. The Morgan fingerprint density at radius 1 is 1.45 bits per heavy atom. The fourth-order valence-electron chi connectivity index (χ4n) is 1.44. The summed E-state index contributed by atoms with van der Waals surface area (Å²) in [6.45, 7) is 3.02. The Hall–Kier alpha value is -0.920. The quantitative estimate of drug-likeness (QED) is 0.567. The first-order valence-electron chi connectivity index (χ1n) is 4.17. The molecule has 0 aromatic heterocycles. The summed E-state index contributed by atoms with van der Waals surface area (Å²) < 4.78 is 5.62. The van der Waals surface area contributed by atoms with Gasteiger partial charge < -0.3 is 10.1 Å². The van der Waals surface area contributed by atoms with E-state index in [-0.39, 0.29) is 0 Å². The van der Waals surface area contributed by atoms with Crippen LogP contribution in [-0.2, 0) is 4.74 Å². The van der Waals surface area contributed by atoms with Crippen LogP contribution in [0.1, 0.15) is 19.8 Å². The maximum Gasteiger partial charge on any atom is 0.138 e. The van der Waals surface area contributed by atoms with Crippen LogP contribution in [0.4, 0.5) is 0 Å². The third-order valence-corrected chi connectivity index (χ3v) is 2.02. The van der Waals surface area contributed by atoms with E-state index in [1.807, 2.05) is 0 Å². The minimum absolute atomic E-state index is 0.316. The summed E-state index contributed by atoms with van der Waals surface area (Å²) in [5.74, 6) is 1.05. The molecule has 11 heavy (non-hydrogen) atoms. The molecule has 1 unspecified atom stereocenters. The van der Waals surface area contributed by atoms with E-state index in [9.17, 15) is 0 Å². The van der Waals surface area contributed by atoms with Gasteiger partial charge in [-0.05, 0) is 25.8 Å².